The van der Waals surface area contributed by atoms with Crippen LogP contribution in [0.5, 0.6) is 5.75 Å². The largest absolute Gasteiger partial charge is 0.489 e. The molecule has 5 heteroatoms. The van der Waals surface area contributed by atoms with Gasteiger partial charge in [-0.2, -0.15) is 0 Å². The maximum absolute atomic E-state index is 11.3. The van der Waals surface area contributed by atoms with Crippen molar-refractivity contribution in [2.75, 3.05) is 37.0 Å². The predicted octanol–water partition coefficient (Wildman–Crippen LogP) is 2.08. The number of nitrogens with one attached hydrogen (secondary N) is 1. The lowest BCUT2D eigenvalue weighted by atomic mass is 10.2. The smallest absolute Gasteiger partial charge is 0.411 e. The second kappa shape index (κ2) is 4.95. The Kier molecular flexibility index (Phi) is 3.37. The van der Waals surface area contributed by atoms with Crippen LogP contribution in [0.1, 0.15) is 6.92 Å². The van der Waals surface area contributed by atoms with Crippen molar-refractivity contribution in [1.82, 2.24) is 0 Å². The van der Waals surface area contributed by atoms with Gasteiger partial charge < -0.3 is 14.4 Å². The summed E-state index contributed by atoms with van der Waals surface area (Å²) in [5.74, 6) is 0.785. The van der Waals surface area contributed by atoms with Crippen LogP contribution in [0.15, 0.2) is 18.2 Å². The van der Waals surface area contributed by atoms with Gasteiger partial charge in [0.2, 0.25) is 0 Å². The van der Waals surface area contributed by atoms with Crippen molar-refractivity contribution in [1.29, 1.82) is 0 Å². The van der Waals surface area contributed by atoms with Crippen LogP contribution in [0.25, 0.3) is 0 Å². The van der Waals surface area contributed by atoms with Crippen LogP contribution in [-0.4, -0.2) is 32.9 Å². The topological polar surface area (TPSA) is 50.8 Å². The molecule has 1 N–H and O–H groups in total. The van der Waals surface area contributed by atoms with E-state index in [0.29, 0.717) is 18.9 Å². The minimum atomic E-state index is -0.448. The molecule has 92 valence electrons. The predicted molar refractivity (Wildman–Crippen MR) is 65.9 cm³/mol. The number of benzene rings is 1. The molecule has 1 aromatic rings. The fraction of sp³-hybridized carbons (Fsp3) is 0.417. The van der Waals surface area contributed by atoms with Gasteiger partial charge in [-0.25, -0.2) is 4.79 Å². The van der Waals surface area contributed by atoms with Gasteiger partial charge in [0, 0.05) is 18.8 Å². The Morgan fingerprint density at radius 1 is 1.59 bits per heavy atom. The molecule has 0 radical (unpaired) electrons. The molecule has 0 atom stereocenters. The van der Waals surface area contributed by atoms with Gasteiger partial charge in [0.15, 0.2) is 0 Å². The van der Waals surface area contributed by atoms with E-state index in [4.69, 9.17) is 9.47 Å². The molecule has 0 spiro atoms. The third-order valence-corrected chi connectivity index (χ3v) is 2.58. The first-order chi connectivity index (χ1) is 8.20. The number of carbonyl (C=O) groups excluding carboxylic acids is 1. The van der Waals surface area contributed by atoms with Crippen molar-refractivity contribution >= 4 is 17.5 Å². The number of hydrogen-bond acceptors (Lipinski definition) is 4. The molecule has 1 amide bonds. The normalized spacial score (nSPS) is 13.6. The van der Waals surface area contributed by atoms with Crippen LogP contribution in [-0.2, 0) is 4.74 Å². The second-order valence-corrected chi connectivity index (χ2v) is 3.80. The van der Waals surface area contributed by atoms with Gasteiger partial charge in [0.25, 0.3) is 0 Å². The van der Waals surface area contributed by atoms with E-state index in [-0.39, 0.29) is 0 Å². The van der Waals surface area contributed by atoms with Crippen LogP contribution in [0.4, 0.5) is 16.2 Å². The van der Waals surface area contributed by atoms with E-state index in [9.17, 15) is 4.79 Å². The summed E-state index contributed by atoms with van der Waals surface area (Å²) in [5.41, 5.74) is 1.71. The SMILES string of the molecule is CCOC(=O)Nc1ccc2c(c1)OCCN2C. The van der Waals surface area contributed by atoms with Gasteiger partial charge in [-0.1, -0.05) is 0 Å². The van der Waals surface area contributed by atoms with Gasteiger partial charge in [-0.3, -0.25) is 5.32 Å². The lowest BCUT2D eigenvalue weighted by Gasteiger charge is -2.27. The van der Waals surface area contributed by atoms with E-state index in [1.54, 1.807) is 6.92 Å². The molecule has 0 fully saturated rings. The maximum atomic E-state index is 11.3. The Bertz CT molecular complexity index is 420. The minimum absolute atomic E-state index is 0.357. The third kappa shape index (κ3) is 2.61. The van der Waals surface area contributed by atoms with Crippen molar-refractivity contribution in [3.05, 3.63) is 18.2 Å². The number of likely N-dealkylation sites (N-methyl/N-ethyl adjacent to an activating group) is 1. The van der Waals surface area contributed by atoms with Gasteiger partial charge in [0.05, 0.1) is 18.8 Å². The summed E-state index contributed by atoms with van der Waals surface area (Å²) in [6.07, 6.45) is -0.448. The zero-order valence-electron chi connectivity index (χ0n) is 10.0. The third-order valence-electron chi connectivity index (χ3n) is 2.58. The van der Waals surface area contributed by atoms with Crippen LogP contribution in [0.2, 0.25) is 0 Å². The molecule has 0 aliphatic carbocycles. The number of nitrogens with zero attached hydrogens (tertiary/aromatic N) is 1. The molecular formula is C12H16N2O3. The summed E-state index contributed by atoms with van der Waals surface area (Å²) in [7, 11) is 2.01. The van der Waals surface area contributed by atoms with E-state index in [1.807, 2.05) is 25.2 Å². The quantitative estimate of drug-likeness (QED) is 0.854. The zero-order chi connectivity index (χ0) is 12.3. The maximum Gasteiger partial charge on any atom is 0.411 e. The fourth-order valence-corrected chi connectivity index (χ4v) is 1.72. The molecule has 1 aliphatic heterocycles. The standard InChI is InChI=1S/C12H16N2O3/c1-3-16-12(15)13-9-4-5-10-11(8-9)17-7-6-14(10)2/h4-5,8H,3,6-7H2,1-2H3,(H,13,15). The molecule has 1 aliphatic rings. The Morgan fingerprint density at radius 3 is 3.18 bits per heavy atom. The molecule has 1 heterocycles. The van der Waals surface area contributed by atoms with Gasteiger partial charge >= 0.3 is 6.09 Å². The van der Waals surface area contributed by atoms with Gasteiger partial charge in [-0.05, 0) is 19.1 Å². The molecule has 0 aromatic heterocycles. The first kappa shape index (κ1) is 11.6. The average molecular weight is 236 g/mol. The monoisotopic (exact) mass is 236 g/mol. The highest BCUT2D eigenvalue weighted by molar-refractivity contribution is 5.85. The van der Waals surface area contributed by atoms with E-state index in [2.05, 4.69) is 10.2 Å². The molecule has 1 aromatic carbocycles. The first-order valence-electron chi connectivity index (χ1n) is 5.62. The van der Waals surface area contributed by atoms with E-state index >= 15 is 0 Å². The molecule has 0 bridgehead atoms. The Labute approximate surface area is 100 Å². The van der Waals surface area contributed by atoms with Crippen molar-refractivity contribution in [2.45, 2.75) is 6.92 Å². The molecule has 5 nitrogen and oxygen atoms in total. The van der Waals surface area contributed by atoms with Crippen LogP contribution in [0.3, 0.4) is 0 Å². The highest BCUT2D eigenvalue weighted by Gasteiger charge is 2.15. The van der Waals surface area contributed by atoms with Crippen LogP contribution in [0, 0.1) is 0 Å². The van der Waals surface area contributed by atoms with Crippen molar-refractivity contribution in [3.63, 3.8) is 0 Å². The van der Waals surface area contributed by atoms with Crippen LogP contribution >= 0.6 is 0 Å². The average Bonchev–Trinajstić information content (AvgIpc) is 2.29. The second-order valence-electron chi connectivity index (χ2n) is 3.80. The lowest BCUT2D eigenvalue weighted by molar-refractivity contribution is 0.168. The Morgan fingerprint density at radius 2 is 2.41 bits per heavy atom. The Balaban J connectivity index is 2.13. The number of anilines is 2. The number of rotatable bonds is 2. The number of carbonyl (C=O) groups is 1. The summed E-state index contributed by atoms with van der Waals surface area (Å²) in [4.78, 5) is 13.4. The van der Waals surface area contributed by atoms with Gasteiger partial charge in [-0.15, -0.1) is 0 Å². The molecule has 2 rings (SSSR count). The van der Waals surface area contributed by atoms with E-state index < -0.39 is 6.09 Å². The number of amides is 1. The lowest BCUT2D eigenvalue weighted by Crippen LogP contribution is -2.28. The summed E-state index contributed by atoms with van der Waals surface area (Å²) in [5, 5.41) is 2.65. The summed E-state index contributed by atoms with van der Waals surface area (Å²) in [6, 6.07) is 5.57. The van der Waals surface area contributed by atoms with Gasteiger partial charge in [0.1, 0.15) is 12.4 Å². The molecular weight excluding hydrogens is 220 g/mol. The minimum Gasteiger partial charge on any atom is -0.489 e. The van der Waals surface area contributed by atoms with E-state index in [0.717, 1.165) is 18.0 Å². The highest BCUT2D eigenvalue weighted by Crippen LogP contribution is 2.33. The fourth-order valence-electron chi connectivity index (χ4n) is 1.72. The molecule has 17 heavy (non-hydrogen) atoms. The Hall–Kier alpha value is -1.91. The van der Waals surface area contributed by atoms with Crippen molar-refractivity contribution in [2.24, 2.45) is 0 Å². The molecule has 0 unspecified atom stereocenters. The summed E-state index contributed by atoms with van der Waals surface area (Å²) in [6.45, 7) is 3.66. The molecule has 0 saturated carbocycles. The summed E-state index contributed by atoms with van der Waals surface area (Å²) < 4.78 is 10.4. The molecule has 0 saturated heterocycles. The van der Waals surface area contributed by atoms with Crippen molar-refractivity contribution < 1.29 is 14.3 Å². The summed E-state index contributed by atoms with van der Waals surface area (Å²) >= 11 is 0. The highest BCUT2D eigenvalue weighted by atomic mass is 16.5. The number of fused-ring (bicyclic) bond motifs is 1. The van der Waals surface area contributed by atoms with Crippen molar-refractivity contribution in [3.8, 4) is 5.75 Å². The van der Waals surface area contributed by atoms with E-state index in [1.165, 1.54) is 0 Å². The van der Waals surface area contributed by atoms with Crippen LogP contribution < -0.4 is 15.0 Å². The zero-order valence-corrected chi connectivity index (χ0v) is 10.0. The number of hydrogen-bond donors (Lipinski definition) is 1. The number of ether oxygens (including phenoxy) is 2. The first-order valence-corrected chi connectivity index (χ1v) is 5.62.